The van der Waals surface area contributed by atoms with Gasteiger partial charge in [0.1, 0.15) is 16.5 Å². The van der Waals surface area contributed by atoms with Crippen molar-refractivity contribution < 1.29 is 9.59 Å². The fourth-order valence-corrected chi connectivity index (χ4v) is 4.66. The summed E-state index contributed by atoms with van der Waals surface area (Å²) in [7, 11) is 0. The van der Waals surface area contributed by atoms with E-state index in [1.165, 1.54) is 0 Å². The molecule has 1 atom stereocenters. The quantitative estimate of drug-likeness (QED) is 0.202. The van der Waals surface area contributed by atoms with Crippen LogP contribution in [-0.2, 0) is 21.5 Å². The zero-order chi connectivity index (χ0) is 26.3. The van der Waals surface area contributed by atoms with Crippen molar-refractivity contribution in [1.29, 1.82) is 0 Å². The predicted octanol–water partition coefficient (Wildman–Crippen LogP) is 5.72. The first-order valence-electron chi connectivity index (χ1n) is 12.0. The van der Waals surface area contributed by atoms with Crippen LogP contribution >= 0.6 is 23.2 Å². The van der Waals surface area contributed by atoms with E-state index in [2.05, 4.69) is 10.3 Å². The fourth-order valence-electron chi connectivity index (χ4n) is 4.39. The second-order valence-corrected chi connectivity index (χ2v) is 9.51. The number of ketones is 1. The summed E-state index contributed by atoms with van der Waals surface area (Å²) in [5, 5.41) is 3.78. The third kappa shape index (κ3) is 6.25. The van der Waals surface area contributed by atoms with Crippen molar-refractivity contribution >= 4 is 34.9 Å². The van der Waals surface area contributed by atoms with Gasteiger partial charge in [-0.05, 0) is 35.2 Å². The molecule has 1 heterocycles. The lowest BCUT2D eigenvalue weighted by molar-refractivity contribution is -0.127. The second-order valence-electron chi connectivity index (χ2n) is 8.75. The number of nitrogens with zero attached hydrogens (tertiary/aromatic N) is 1. The van der Waals surface area contributed by atoms with Crippen molar-refractivity contribution in [2.75, 3.05) is 0 Å². The number of amides is 1. The molecule has 0 saturated carbocycles. The summed E-state index contributed by atoms with van der Waals surface area (Å²) in [5.41, 5.74) is 8.55. The summed E-state index contributed by atoms with van der Waals surface area (Å²) in [4.78, 5) is 30.4. The summed E-state index contributed by atoms with van der Waals surface area (Å²) < 4.78 is 0. The van der Waals surface area contributed by atoms with Gasteiger partial charge in [0, 0.05) is 18.5 Å². The first kappa shape index (κ1) is 26.6. The van der Waals surface area contributed by atoms with Crippen molar-refractivity contribution in [3.63, 3.8) is 0 Å². The Kier molecular flexibility index (Phi) is 8.72. The van der Waals surface area contributed by atoms with E-state index in [9.17, 15) is 9.59 Å². The molecule has 7 heteroatoms. The highest BCUT2D eigenvalue weighted by Gasteiger charge is 2.38. The van der Waals surface area contributed by atoms with Crippen molar-refractivity contribution in [1.82, 2.24) is 10.3 Å². The molecule has 188 valence electrons. The number of hydrogen-bond acceptors (Lipinski definition) is 4. The number of aryl methyl sites for hydroxylation is 1. The number of nitrogens with one attached hydrogen (secondary N) is 1. The molecule has 4 rings (SSSR count). The highest BCUT2D eigenvalue weighted by Crippen LogP contribution is 2.36. The number of nitrogens with two attached hydrogens (primary N) is 1. The average Bonchev–Trinajstić information content (AvgIpc) is 2.93. The minimum Gasteiger partial charge on any atom is -0.338 e. The van der Waals surface area contributed by atoms with Crippen LogP contribution in [0.5, 0.6) is 0 Å². The molecule has 1 amide bonds. The van der Waals surface area contributed by atoms with Crippen molar-refractivity contribution in [3.8, 4) is 0 Å². The van der Waals surface area contributed by atoms with Crippen LogP contribution in [0, 0.1) is 0 Å². The lowest BCUT2D eigenvalue weighted by Crippen LogP contribution is -2.49. The minimum absolute atomic E-state index is 0.139. The number of aromatic nitrogens is 1. The topological polar surface area (TPSA) is 85.1 Å². The number of rotatable bonds is 10. The van der Waals surface area contributed by atoms with Crippen LogP contribution in [0.3, 0.4) is 0 Å². The molecule has 0 aliphatic heterocycles. The molecule has 0 fully saturated rings. The molecule has 3 N–H and O–H groups in total. The van der Waals surface area contributed by atoms with E-state index < -0.39 is 11.6 Å². The molecule has 4 aromatic rings. The lowest BCUT2D eigenvalue weighted by Gasteiger charge is -2.37. The van der Waals surface area contributed by atoms with Gasteiger partial charge in [-0.2, -0.15) is 0 Å². The maximum absolute atomic E-state index is 13.5. The molecule has 0 radical (unpaired) electrons. The van der Waals surface area contributed by atoms with E-state index >= 15 is 0 Å². The summed E-state index contributed by atoms with van der Waals surface area (Å²) >= 11 is 11.9. The van der Waals surface area contributed by atoms with Crippen LogP contribution in [0.25, 0.3) is 0 Å². The van der Waals surface area contributed by atoms with Crippen molar-refractivity contribution in [3.05, 3.63) is 136 Å². The molecular weight excluding hydrogens is 505 g/mol. The molecule has 0 aliphatic rings. The first-order chi connectivity index (χ1) is 17.9. The van der Waals surface area contributed by atoms with E-state index in [1.54, 1.807) is 12.1 Å². The zero-order valence-electron chi connectivity index (χ0n) is 20.1. The molecule has 0 bridgehead atoms. The number of halogens is 2. The second kappa shape index (κ2) is 12.2. The molecule has 0 aliphatic carbocycles. The normalized spacial score (nSPS) is 12.1. The van der Waals surface area contributed by atoms with Crippen molar-refractivity contribution in [2.24, 2.45) is 5.73 Å². The maximum Gasteiger partial charge on any atom is 0.223 e. The van der Waals surface area contributed by atoms with Gasteiger partial charge in [0.25, 0.3) is 0 Å². The Balaban J connectivity index is 1.57. The lowest BCUT2D eigenvalue weighted by atomic mass is 9.77. The minimum atomic E-state index is -0.965. The highest BCUT2D eigenvalue weighted by molar-refractivity contribution is 6.41. The van der Waals surface area contributed by atoms with E-state index in [-0.39, 0.29) is 29.7 Å². The predicted molar refractivity (Wildman–Crippen MR) is 148 cm³/mol. The molecule has 1 aromatic heterocycles. The Morgan fingerprint density at radius 2 is 1.27 bits per heavy atom. The molecule has 0 unspecified atom stereocenters. The molecule has 37 heavy (non-hydrogen) atoms. The third-order valence-electron chi connectivity index (χ3n) is 6.25. The number of hydrogen-bond donors (Lipinski definition) is 2. The first-order valence-corrected chi connectivity index (χ1v) is 12.7. The van der Waals surface area contributed by atoms with E-state index in [0.717, 1.165) is 16.7 Å². The summed E-state index contributed by atoms with van der Waals surface area (Å²) in [6.45, 7) is 0. The van der Waals surface area contributed by atoms with Gasteiger partial charge in [0.05, 0.1) is 11.1 Å². The van der Waals surface area contributed by atoms with Crippen LogP contribution in [0.4, 0.5) is 0 Å². The van der Waals surface area contributed by atoms with Crippen LogP contribution < -0.4 is 11.1 Å². The maximum atomic E-state index is 13.5. The zero-order valence-corrected chi connectivity index (χ0v) is 21.6. The van der Waals surface area contributed by atoms with Gasteiger partial charge in [-0.1, -0.05) is 114 Å². The van der Waals surface area contributed by atoms with E-state index in [1.807, 2.05) is 91.0 Å². The van der Waals surface area contributed by atoms with Crippen LogP contribution in [0.1, 0.15) is 35.2 Å². The summed E-state index contributed by atoms with van der Waals surface area (Å²) in [6, 6.07) is 31.7. The van der Waals surface area contributed by atoms with Gasteiger partial charge >= 0.3 is 0 Å². The molecule has 0 saturated heterocycles. The number of carbonyl (C=O) groups is 2. The monoisotopic (exact) mass is 531 g/mol. The Bertz CT molecular complexity index is 1250. The van der Waals surface area contributed by atoms with Crippen molar-refractivity contribution in [2.45, 2.75) is 30.8 Å². The Morgan fingerprint density at radius 1 is 0.784 bits per heavy atom. The molecule has 5 nitrogen and oxygen atoms in total. The van der Waals surface area contributed by atoms with Gasteiger partial charge in [-0.15, -0.1) is 0 Å². The van der Waals surface area contributed by atoms with Gasteiger partial charge < -0.3 is 11.1 Å². The standard InChI is InChI=1S/C30H27Cl2N3O2/c31-25-18-16-24(34-29(25)32)17-19-27(36)26(33)20-28(37)35-30(21-10-4-1-5-11-21,22-12-6-2-7-13-22)23-14-8-3-9-15-23/h1-16,18,26H,17,19-20,33H2,(H,35,37)/t26-/m1/s1. The van der Waals surface area contributed by atoms with Crippen LogP contribution in [0.15, 0.2) is 103 Å². The van der Waals surface area contributed by atoms with Crippen LogP contribution in [-0.4, -0.2) is 22.7 Å². The third-order valence-corrected chi connectivity index (χ3v) is 6.94. The number of pyridine rings is 1. The fraction of sp³-hybridized carbons (Fsp3) is 0.167. The number of carbonyl (C=O) groups excluding carboxylic acids is 2. The number of benzene rings is 3. The Morgan fingerprint density at radius 3 is 1.73 bits per heavy atom. The van der Waals surface area contributed by atoms with E-state index in [4.69, 9.17) is 28.9 Å². The summed E-state index contributed by atoms with van der Waals surface area (Å²) in [6.07, 6.45) is 0.343. The average molecular weight is 532 g/mol. The van der Waals surface area contributed by atoms with Gasteiger partial charge in [0.2, 0.25) is 5.91 Å². The molecular formula is C30H27Cl2N3O2. The van der Waals surface area contributed by atoms with Gasteiger partial charge in [-0.3, -0.25) is 9.59 Å². The molecule has 3 aromatic carbocycles. The summed E-state index contributed by atoms with van der Waals surface area (Å²) in [5.74, 6) is -0.558. The Hall–Kier alpha value is -3.51. The smallest absolute Gasteiger partial charge is 0.223 e. The van der Waals surface area contributed by atoms with Gasteiger partial charge in [0.15, 0.2) is 0 Å². The largest absolute Gasteiger partial charge is 0.338 e. The Labute approximate surface area is 226 Å². The highest BCUT2D eigenvalue weighted by atomic mass is 35.5. The SMILES string of the molecule is N[C@H](CC(=O)NC(c1ccccc1)(c1ccccc1)c1ccccc1)C(=O)CCc1ccc(Cl)c(Cl)n1. The van der Waals surface area contributed by atoms with E-state index in [0.29, 0.717) is 17.1 Å². The van der Waals surface area contributed by atoms with Crippen LogP contribution in [0.2, 0.25) is 10.2 Å². The van der Waals surface area contributed by atoms with Gasteiger partial charge in [-0.25, -0.2) is 4.98 Å². The number of Topliss-reactive ketones (excluding diaryl/α,β-unsaturated/α-hetero) is 1. The molecule has 0 spiro atoms.